The predicted molar refractivity (Wildman–Crippen MR) is 62.8 cm³/mol. The zero-order chi connectivity index (χ0) is 14.2. The first-order valence-electron chi connectivity index (χ1n) is 5.49. The minimum Gasteiger partial charge on any atom is -0.428 e. The molecule has 0 bridgehead atoms. The smallest absolute Gasteiger partial charge is 0.325 e. The van der Waals surface area contributed by atoms with Gasteiger partial charge in [0.05, 0.1) is 12.5 Å². The maximum absolute atomic E-state index is 11.1. The first-order valence-corrected chi connectivity index (χ1v) is 7.52. The molecule has 0 fully saturated rings. The Morgan fingerprint density at radius 1 is 1.28 bits per heavy atom. The minimum atomic E-state index is -3.49. The van der Waals surface area contributed by atoms with Crippen molar-refractivity contribution in [3.05, 3.63) is 0 Å². The molecular formula is C10H19O7P. The second kappa shape index (κ2) is 8.24. The van der Waals surface area contributed by atoms with Gasteiger partial charge in [-0.25, -0.2) is 0 Å². The molecule has 0 aliphatic rings. The van der Waals surface area contributed by atoms with Crippen LogP contribution in [0.15, 0.2) is 0 Å². The molecule has 1 N–H and O–H groups in total. The molecule has 8 heteroatoms. The van der Waals surface area contributed by atoms with E-state index in [1.165, 1.54) is 0 Å². The van der Waals surface area contributed by atoms with Gasteiger partial charge < -0.3 is 18.9 Å². The highest BCUT2D eigenvalue weighted by atomic mass is 31.2. The third-order valence-corrected chi connectivity index (χ3v) is 2.41. The third kappa shape index (κ3) is 10.3. The molecule has 0 saturated carbocycles. The topological polar surface area (TPSA) is 99.1 Å². The lowest BCUT2D eigenvalue weighted by atomic mass is 10.2. The monoisotopic (exact) mass is 282 g/mol. The molecule has 0 rings (SSSR count). The molecule has 0 radical (unpaired) electrons. The normalized spacial score (nSPS) is 14.1. The van der Waals surface area contributed by atoms with Gasteiger partial charge >= 0.3 is 19.5 Å². The number of carbonyl (C=O) groups is 2. The standard InChI is InChI=1S/C10H19O7P/c1-8(2)10(12)16-7-15-9(11)5-4-6-17-18(3,13)14/h8H,4-7H2,1-3H3,(H,13,14). The Morgan fingerprint density at radius 2 is 1.89 bits per heavy atom. The molecule has 0 aromatic heterocycles. The van der Waals surface area contributed by atoms with Crippen LogP contribution in [0, 0.1) is 5.92 Å². The van der Waals surface area contributed by atoms with Crippen molar-refractivity contribution in [3.63, 3.8) is 0 Å². The predicted octanol–water partition coefficient (Wildman–Crippen LogP) is 1.30. The lowest BCUT2D eigenvalue weighted by Gasteiger charge is -2.08. The lowest BCUT2D eigenvalue weighted by molar-refractivity contribution is -0.169. The van der Waals surface area contributed by atoms with E-state index in [2.05, 4.69) is 14.0 Å². The van der Waals surface area contributed by atoms with Crippen LogP contribution in [0.3, 0.4) is 0 Å². The summed E-state index contributed by atoms with van der Waals surface area (Å²) in [6, 6.07) is 0. The molecule has 0 spiro atoms. The molecule has 0 aromatic rings. The molecule has 0 aliphatic carbocycles. The van der Waals surface area contributed by atoms with E-state index in [4.69, 9.17) is 4.89 Å². The van der Waals surface area contributed by atoms with Gasteiger partial charge in [0, 0.05) is 13.1 Å². The van der Waals surface area contributed by atoms with E-state index in [9.17, 15) is 14.2 Å². The highest BCUT2D eigenvalue weighted by Gasteiger charge is 2.11. The van der Waals surface area contributed by atoms with Crippen molar-refractivity contribution >= 4 is 19.5 Å². The Bertz CT molecular complexity index is 320. The Balaban J connectivity index is 3.55. The van der Waals surface area contributed by atoms with Crippen molar-refractivity contribution in [3.8, 4) is 0 Å². The summed E-state index contributed by atoms with van der Waals surface area (Å²) in [5, 5.41) is 0. The SMILES string of the molecule is CC(C)C(=O)OCOC(=O)CCCOP(C)(=O)O. The maximum atomic E-state index is 11.1. The Kier molecular flexibility index (Phi) is 7.82. The van der Waals surface area contributed by atoms with E-state index in [1.54, 1.807) is 13.8 Å². The van der Waals surface area contributed by atoms with Gasteiger partial charge in [0.2, 0.25) is 6.79 Å². The first-order chi connectivity index (χ1) is 8.22. The van der Waals surface area contributed by atoms with Crippen LogP contribution < -0.4 is 0 Å². The molecule has 0 aliphatic heterocycles. The molecule has 0 saturated heterocycles. The summed E-state index contributed by atoms with van der Waals surface area (Å²) in [6.45, 7) is 3.98. The van der Waals surface area contributed by atoms with Crippen LogP contribution in [0.5, 0.6) is 0 Å². The average Bonchev–Trinajstić information content (AvgIpc) is 2.22. The number of ether oxygens (including phenoxy) is 2. The first kappa shape index (κ1) is 17.1. The Labute approximate surface area is 106 Å². The minimum absolute atomic E-state index is 0.00877. The van der Waals surface area contributed by atoms with E-state index in [1.807, 2.05) is 0 Å². The molecule has 18 heavy (non-hydrogen) atoms. The number of hydrogen-bond donors (Lipinski definition) is 1. The molecular weight excluding hydrogens is 263 g/mol. The van der Waals surface area contributed by atoms with Gasteiger partial charge in [-0.05, 0) is 6.42 Å². The van der Waals surface area contributed by atoms with Gasteiger partial charge in [-0.3, -0.25) is 14.2 Å². The van der Waals surface area contributed by atoms with Gasteiger partial charge in [0.1, 0.15) is 0 Å². The van der Waals surface area contributed by atoms with Crippen LogP contribution in [0.1, 0.15) is 26.7 Å². The third-order valence-electron chi connectivity index (χ3n) is 1.75. The van der Waals surface area contributed by atoms with Crippen LogP contribution in [0.4, 0.5) is 0 Å². The summed E-state index contributed by atoms with van der Waals surface area (Å²) in [6.07, 6.45) is 0.286. The van der Waals surface area contributed by atoms with Gasteiger partial charge in [-0.15, -0.1) is 0 Å². The summed E-state index contributed by atoms with van der Waals surface area (Å²) in [5.41, 5.74) is 0. The number of esters is 2. The Morgan fingerprint density at radius 3 is 2.39 bits per heavy atom. The quantitative estimate of drug-likeness (QED) is 0.310. The lowest BCUT2D eigenvalue weighted by Crippen LogP contribution is -2.16. The summed E-state index contributed by atoms with van der Waals surface area (Å²) in [4.78, 5) is 30.9. The fourth-order valence-electron chi connectivity index (χ4n) is 0.843. The molecule has 1 atom stereocenters. The van der Waals surface area contributed by atoms with E-state index in [0.29, 0.717) is 0 Å². The van der Waals surface area contributed by atoms with Crippen molar-refractivity contribution in [2.45, 2.75) is 26.7 Å². The zero-order valence-corrected chi connectivity index (χ0v) is 11.6. The van der Waals surface area contributed by atoms with Crippen LogP contribution in [0.2, 0.25) is 0 Å². The highest BCUT2D eigenvalue weighted by molar-refractivity contribution is 7.51. The molecule has 7 nitrogen and oxygen atoms in total. The van der Waals surface area contributed by atoms with Crippen molar-refractivity contribution < 1.29 is 33.0 Å². The molecule has 0 heterocycles. The fourth-order valence-corrected chi connectivity index (χ4v) is 1.31. The van der Waals surface area contributed by atoms with E-state index in [-0.39, 0.29) is 25.4 Å². The van der Waals surface area contributed by atoms with Gasteiger partial charge in [0.15, 0.2) is 0 Å². The molecule has 0 amide bonds. The second-order valence-corrected chi connectivity index (χ2v) is 5.86. The number of hydrogen-bond acceptors (Lipinski definition) is 6. The largest absolute Gasteiger partial charge is 0.428 e. The zero-order valence-electron chi connectivity index (χ0n) is 10.7. The van der Waals surface area contributed by atoms with Crippen molar-refractivity contribution in [2.24, 2.45) is 5.92 Å². The average molecular weight is 282 g/mol. The van der Waals surface area contributed by atoms with Crippen molar-refractivity contribution in [2.75, 3.05) is 20.1 Å². The fraction of sp³-hybridized carbons (Fsp3) is 0.800. The molecule has 0 aromatic carbocycles. The van der Waals surface area contributed by atoms with Gasteiger partial charge in [-0.1, -0.05) is 13.8 Å². The van der Waals surface area contributed by atoms with Crippen LogP contribution in [0.25, 0.3) is 0 Å². The van der Waals surface area contributed by atoms with E-state index >= 15 is 0 Å². The second-order valence-electron chi connectivity index (χ2n) is 3.99. The van der Waals surface area contributed by atoms with Gasteiger partial charge in [-0.2, -0.15) is 0 Å². The molecule has 1 unspecified atom stereocenters. The van der Waals surface area contributed by atoms with Crippen LogP contribution in [-0.4, -0.2) is 36.9 Å². The molecule has 106 valence electrons. The van der Waals surface area contributed by atoms with E-state index in [0.717, 1.165) is 6.66 Å². The Hall–Kier alpha value is -0.910. The highest BCUT2D eigenvalue weighted by Crippen LogP contribution is 2.36. The van der Waals surface area contributed by atoms with Crippen molar-refractivity contribution in [1.82, 2.24) is 0 Å². The van der Waals surface area contributed by atoms with Gasteiger partial charge in [0.25, 0.3) is 0 Å². The number of rotatable bonds is 8. The van der Waals surface area contributed by atoms with Crippen LogP contribution in [-0.2, 0) is 28.2 Å². The summed E-state index contributed by atoms with van der Waals surface area (Å²) in [7, 11) is -3.49. The van der Waals surface area contributed by atoms with Crippen molar-refractivity contribution in [1.29, 1.82) is 0 Å². The van der Waals surface area contributed by atoms with Crippen LogP contribution >= 0.6 is 7.60 Å². The summed E-state index contributed by atoms with van der Waals surface area (Å²) in [5.74, 6) is -1.28. The summed E-state index contributed by atoms with van der Waals surface area (Å²) >= 11 is 0. The van der Waals surface area contributed by atoms with E-state index < -0.39 is 26.3 Å². The number of carbonyl (C=O) groups excluding carboxylic acids is 2. The maximum Gasteiger partial charge on any atom is 0.325 e. The summed E-state index contributed by atoms with van der Waals surface area (Å²) < 4.78 is 24.6.